The van der Waals surface area contributed by atoms with Gasteiger partial charge in [-0.1, -0.05) is 0 Å². The number of carbonyl (C=O) groups excluding carboxylic acids is 1. The van der Waals surface area contributed by atoms with Crippen molar-refractivity contribution < 1.29 is 33.6 Å². The standard InChI is InChI=1S/C7H14O3.C6H12O4/c1-9-6(10-2)5-7(8)3-4-7;1-8-5(7)4-6(9-2)10-3/h6,8H,3-5H2,1-2H3;6H,4H2,1-3H3. The average molecular weight is 294 g/mol. The second kappa shape index (κ2) is 10.1. The van der Waals surface area contributed by atoms with E-state index >= 15 is 0 Å². The molecule has 1 aliphatic carbocycles. The van der Waals surface area contributed by atoms with Crippen molar-refractivity contribution in [2.45, 2.75) is 43.9 Å². The number of carbonyl (C=O) groups is 1. The maximum absolute atomic E-state index is 10.6. The van der Waals surface area contributed by atoms with Crippen LogP contribution in [0.3, 0.4) is 0 Å². The fourth-order valence-electron chi connectivity index (χ4n) is 1.40. The highest BCUT2D eigenvalue weighted by Crippen LogP contribution is 2.39. The van der Waals surface area contributed by atoms with E-state index in [4.69, 9.17) is 18.9 Å². The minimum atomic E-state index is -0.493. The second-order valence-electron chi connectivity index (χ2n) is 4.51. The van der Waals surface area contributed by atoms with Crippen LogP contribution >= 0.6 is 0 Å². The molecule has 7 nitrogen and oxygen atoms in total. The van der Waals surface area contributed by atoms with Gasteiger partial charge in [0.1, 0.15) is 0 Å². The van der Waals surface area contributed by atoms with Crippen molar-refractivity contribution in [1.29, 1.82) is 0 Å². The third kappa shape index (κ3) is 8.44. The van der Waals surface area contributed by atoms with Gasteiger partial charge in [0.05, 0.1) is 19.1 Å². The van der Waals surface area contributed by atoms with Crippen molar-refractivity contribution in [3.8, 4) is 0 Å². The zero-order valence-corrected chi connectivity index (χ0v) is 12.9. The molecule has 0 bridgehead atoms. The van der Waals surface area contributed by atoms with Crippen molar-refractivity contribution in [3.05, 3.63) is 0 Å². The van der Waals surface area contributed by atoms with Crippen LogP contribution in [0.15, 0.2) is 0 Å². The number of esters is 1. The van der Waals surface area contributed by atoms with Crippen LogP contribution in [-0.4, -0.2) is 64.8 Å². The van der Waals surface area contributed by atoms with Crippen LogP contribution in [0.5, 0.6) is 0 Å². The van der Waals surface area contributed by atoms with E-state index in [0.717, 1.165) is 12.8 Å². The molecule has 0 spiro atoms. The van der Waals surface area contributed by atoms with Gasteiger partial charge in [0.15, 0.2) is 12.6 Å². The van der Waals surface area contributed by atoms with E-state index in [1.165, 1.54) is 21.3 Å². The van der Waals surface area contributed by atoms with Crippen molar-refractivity contribution in [2.24, 2.45) is 0 Å². The van der Waals surface area contributed by atoms with Crippen molar-refractivity contribution in [1.82, 2.24) is 0 Å². The number of hydrogen-bond donors (Lipinski definition) is 1. The number of methoxy groups -OCH3 is 5. The normalized spacial score (nSPS) is 15.8. The Balaban J connectivity index is 0.000000361. The fraction of sp³-hybridized carbons (Fsp3) is 0.923. The maximum Gasteiger partial charge on any atom is 0.310 e. The fourth-order valence-corrected chi connectivity index (χ4v) is 1.40. The van der Waals surface area contributed by atoms with Gasteiger partial charge in [0.25, 0.3) is 0 Å². The van der Waals surface area contributed by atoms with Crippen molar-refractivity contribution in [2.75, 3.05) is 35.5 Å². The maximum atomic E-state index is 10.6. The first-order chi connectivity index (χ1) is 9.44. The first-order valence-corrected chi connectivity index (χ1v) is 6.35. The monoisotopic (exact) mass is 294 g/mol. The molecule has 1 aliphatic rings. The molecule has 7 heteroatoms. The molecule has 120 valence electrons. The molecule has 1 saturated carbocycles. The molecular weight excluding hydrogens is 268 g/mol. The predicted octanol–water partition coefficient (Wildman–Crippen LogP) is 0.689. The minimum absolute atomic E-state index is 0.128. The summed E-state index contributed by atoms with van der Waals surface area (Å²) in [5.41, 5.74) is -0.476. The highest BCUT2D eigenvalue weighted by molar-refractivity contribution is 5.69. The summed E-state index contributed by atoms with van der Waals surface area (Å²) in [6.45, 7) is 0. The zero-order chi connectivity index (χ0) is 15.6. The predicted molar refractivity (Wildman–Crippen MR) is 71.0 cm³/mol. The molecule has 1 N–H and O–H groups in total. The van der Waals surface area contributed by atoms with Gasteiger partial charge in [0.2, 0.25) is 0 Å². The van der Waals surface area contributed by atoms with Crippen LogP contribution in [0.2, 0.25) is 0 Å². The van der Waals surface area contributed by atoms with Gasteiger partial charge in [0, 0.05) is 34.9 Å². The Labute approximate surface area is 120 Å². The van der Waals surface area contributed by atoms with Gasteiger partial charge in [-0.15, -0.1) is 0 Å². The molecule has 0 amide bonds. The SMILES string of the molecule is COC(=O)CC(OC)OC.COC(CC1(O)CC1)OC. The lowest BCUT2D eigenvalue weighted by Gasteiger charge is -2.16. The van der Waals surface area contributed by atoms with Crippen LogP contribution in [0.1, 0.15) is 25.7 Å². The van der Waals surface area contributed by atoms with E-state index < -0.39 is 11.9 Å². The highest BCUT2D eigenvalue weighted by atomic mass is 16.7. The van der Waals surface area contributed by atoms with Crippen LogP contribution in [0.4, 0.5) is 0 Å². The lowest BCUT2D eigenvalue weighted by molar-refractivity contribution is -0.156. The molecule has 0 saturated heterocycles. The van der Waals surface area contributed by atoms with E-state index in [-0.39, 0.29) is 18.7 Å². The van der Waals surface area contributed by atoms with Crippen LogP contribution < -0.4 is 0 Å². The number of aliphatic hydroxyl groups is 1. The molecule has 1 fully saturated rings. The van der Waals surface area contributed by atoms with Gasteiger partial charge >= 0.3 is 5.97 Å². The summed E-state index contributed by atoms with van der Waals surface area (Å²) in [7, 11) is 7.43. The molecule has 0 aromatic rings. The Hall–Kier alpha value is -0.730. The molecule has 0 heterocycles. The molecule has 0 atom stereocenters. The summed E-state index contributed by atoms with van der Waals surface area (Å²) in [6, 6.07) is 0. The highest BCUT2D eigenvalue weighted by Gasteiger charge is 2.42. The summed E-state index contributed by atoms with van der Waals surface area (Å²) in [4.78, 5) is 10.6. The number of hydrogen-bond acceptors (Lipinski definition) is 7. The van der Waals surface area contributed by atoms with Crippen LogP contribution in [-0.2, 0) is 28.5 Å². The van der Waals surface area contributed by atoms with E-state index in [1.54, 1.807) is 14.2 Å². The van der Waals surface area contributed by atoms with E-state index in [2.05, 4.69) is 4.74 Å². The van der Waals surface area contributed by atoms with Gasteiger partial charge < -0.3 is 28.8 Å². The first kappa shape index (κ1) is 19.3. The van der Waals surface area contributed by atoms with Crippen molar-refractivity contribution in [3.63, 3.8) is 0 Å². The molecule has 0 unspecified atom stereocenters. The Kier molecular flexibility index (Phi) is 9.70. The zero-order valence-electron chi connectivity index (χ0n) is 12.9. The number of rotatable bonds is 8. The quantitative estimate of drug-likeness (QED) is 0.521. The van der Waals surface area contributed by atoms with Crippen LogP contribution in [0, 0.1) is 0 Å². The molecule has 0 aromatic heterocycles. The third-order valence-electron chi connectivity index (χ3n) is 2.99. The molecule has 0 aliphatic heterocycles. The van der Waals surface area contributed by atoms with Gasteiger partial charge in [-0.25, -0.2) is 0 Å². The summed E-state index contributed by atoms with van der Waals surface area (Å²) in [5, 5.41) is 9.40. The average Bonchev–Trinajstić information content (AvgIpc) is 3.20. The second-order valence-corrected chi connectivity index (χ2v) is 4.51. The smallest absolute Gasteiger partial charge is 0.310 e. The topological polar surface area (TPSA) is 83.5 Å². The Morgan fingerprint density at radius 3 is 1.75 bits per heavy atom. The molecule has 0 radical (unpaired) electrons. The lowest BCUT2D eigenvalue weighted by Crippen LogP contribution is -2.22. The molecule has 20 heavy (non-hydrogen) atoms. The number of ether oxygens (including phenoxy) is 5. The van der Waals surface area contributed by atoms with E-state index in [0.29, 0.717) is 6.42 Å². The van der Waals surface area contributed by atoms with Crippen molar-refractivity contribution >= 4 is 5.97 Å². The summed E-state index contributed by atoms with van der Waals surface area (Å²) < 4.78 is 23.7. The van der Waals surface area contributed by atoms with Crippen LogP contribution in [0.25, 0.3) is 0 Å². The Morgan fingerprint density at radius 2 is 1.45 bits per heavy atom. The molecular formula is C13H26O7. The van der Waals surface area contributed by atoms with Gasteiger partial charge in [-0.3, -0.25) is 4.79 Å². The summed E-state index contributed by atoms with van der Waals surface area (Å²) in [5.74, 6) is -0.339. The molecule has 1 rings (SSSR count). The minimum Gasteiger partial charge on any atom is -0.469 e. The summed E-state index contributed by atoms with van der Waals surface area (Å²) >= 11 is 0. The molecule has 0 aromatic carbocycles. The van der Waals surface area contributed by atoms with E-state index in [1.807, 2.05) is 0 Å². The third-order valence-corrected chi connectivity index (χ3v) is 2.99. The van der Waals surface area contributed by atoms with Gasteiger partial charge in [-0.2, -0.15) is 0 Å². The van der Waals surface area contributed by atoms with Gasteiger partial charge in [-0.05, 0) is 12.8 Å². The first-order valence-electron chi connectivity index (χ1n) is 6.35. The van der Waals surface area contributed by atoms with E-state index in [9.17, 15) is 9.90 Å². The Bertz CT molecular complexity index is 257. The summed E-state index contributed by atoms with van der Waals surface area (Å²) in [6.07, 6.45) is 1.76. The Morgan fingerprint density at radius 1 is 1.00 bits per heavy atom. The lowest BCUT2D eigenvalue weighted by atomic mass is 10.2. The largest absolute Gasteiger partial charge is 0.469 e.